The second-order valence-electron chi connectivity index (χ2n) is 4.79. The van der Waals surface area contributed by atoms with E-state index in [1.807, 2.05) is 6.92 Å². The Morgan fingerprint density at radius 2 is 2.05 bits per heavy atom. The molecule has 0 aliphatic heterocycles. The lowest BCUT2D eigenvalue weighted by Gasteiger charge is -2.18. The molecule has 1 N–H and O–H groups in total. The van der Waals surface area contributed by atoms with Crippen molar-refractivity contribution >= 4 is 21.7 Å². The Kier molecular flexibility index (Phi) is 5.16. The molecular weight excluding hydrogens is 306 g/mol. The van der Waals surface area contributed by atoms with Crippen molar-refractivity contribution in [3.8, 4) is 0 Å². The Balaban J connectivity index is 2.34. The summed E-state index contributed by atoms with van der Waals surface area (Å²) >= 11 is 3.59. The van der Waals surface area contributed by atoms with Gasteiger partial charge in [0, 0.05) is 13.2 Å². The van der Waals surface area contributed by atoms with Gasteiger partial charge in [-0.15, -0.1) is 0 Å². The van der Waals surface area contributed by atoms with Gasteiger partial charge < -0.3 is 10.1 Å². The second-order valence-corrected chi connectivity index (χ2v) is 5.58. The third kappa shape index (κ3) is 3.45. The molecule has 1 unspecified atom stereocenters. The number of hydrogen-bond donors (Lipinski definition) is 1. The highest BCUT2D eigenvalue weighted by Gasteiger charge is 2.35. The van der Waals surface area contributed by atoms with Gasteiger partial charge in [0.25, 0.3) is 0 Å². The zero-order valence-corrected chi connectivity index (χ0v) is 13.5. The smallest absolute Gasteiger partial charge is 0.160 e. The van der Waals surface area contributed by atoms with Crippen LogP contribution in [0.2, 0.25) is 0 Å². The van der Waals surface area contributed by atoms with Gasteiger partial charge in [0.1, 0.15) is 11.9 Å². The van der Waals surface area contributed by atoms with E-state index in [1.54, 1.807) is 0 Å². The van der Waals surface area contributed by atoms with Gasteiger partial charge in [-0.2, -0.15) is 0 Å². The van der Waals surface area contributed by atoms with E-state index in [9.17, 15) is 0 Å². The number of anilines is 1. The number of aryl methyl sites for hydroxylation is 1. The molecule has 0 radical (unpaired) electrons. The highest BCUT2D eigenvalue weighted by atomic mass is 79.9. The van der Waals surface area contributed by atoms with Crippen LogP contribution in [0, 0.1) is 5.92 Å². The lowest BCUT2D eigenvalue weighted by Crippen LogP contribution is -2.15. The van der Waals surface area contributed by atoms with Crippen LogP contribution < -0.4 is 5.32 Å². The molecule has 0 aromatic carbocycles. The molecule has 1 aromatic rings. The van der Waals surface area contributed by atoms with Crippen LogP contribution in [-0.2, 0) is 11.2 Å². The van der Waals surface area contributed by atoms with E-state index < -0.39 is 0 Å². The quantitative estimate of drug-likeness (QED) is 0.829. The lowest BCUT2D eigenvalue weighted by atomic mass is 10.2. The van der Waals surface area contributed by atoms with E-state index >= 15 is 0 Å². The van der Waals surface area contributed by atoms with Crippen LogP contribution in [0.5, 0.6) is 0 Å². The summed E-state index contributed by atoms with van der Waals surface area (Å²) in [5, 5.41) is 3.29. The molecule has 0 spiro atoms. The molecule has 1 fully saturated rings. The van der Waals surface area contributed by atoms with Gasteiger partial charge >= 0.3 is 0 Å². The number of ether oxygens (including phenoxy) is 1. The van der Waals surface area contributed by atoms with E-state index in [2.05, 4.69) is 40.1 Å². The Labute approximate surface area is 123 Å². The molecule has 2 rings (SSSR count). The van der Waals surface area contributed by atoms with E-state index in [4.69, 9.17) is 9.72 Å². The summed E-state index contributed by atoms with van der Waals surface area (Å²) in [6, 6.07) is 0. The average Bonchev–Trinajstić information content (AvgIpc) is 3.23. The number of rotatable bonds is 7. The standard InChI is InChI=1S/C14H22BrN3O/c1-4-10-11(15)13(16-5-2)18-14(17-10)12(19-6-3)9-7-8-9/h9,12H,4-8H2,1-3H3,(H,16,17,18). The van der Waals surface area contributed by atoms with E-state index in [0.29, 0.717) is 12.5 Å². The molecule has 0 amide bonds. The van der Waals surface area contributed by atoms with Gasteiger partial charge in [-0.1, -0.05) is 6.92 Å². The van der Waals surface area contributed by atoms with Crippen LogP contribution in [0.15, 0.2) is 4.47 Å². The summed E-state index contributed by atoms with van der Waals surface area (Å²) < 4.78 is 6.83. The van der Waals surface area contributed by atoms with Crippen molar-refractivity contribution in [2.24, 2.45) is 5.92 Å². The normalized spacial score (nSPS) is 16.4. The third-order valence-electron chi connectivity index (χ3n) is 3.27. The molecular formula is C14H22BrN3O. The summed E-state index contributed by atoms with van der Waals surface area (Å²) in [5.41, 5.74) is 1.05. The number of halogens is 1. The predicted octanol–water partition coefficient (Wildman–Crippen LogP) is 3.72. The highest BCUT2D eigenvalue weighted by molar-refractivity contribution is 9.10. The molecule has 5 heteroatoms. The maximum Gasteiger partial charge on any atom is 0.160 e. The van der Waals surface area contributed by atoms with Gasteiger partial charge in [0.05, 0.1) is 10.2 Å². The first-order chi connectivity index (χ1) is 9.21. The molecule has 1 heterocycles. The number of aromatic nitrogens is 2. The SMILES string of the molecule is CCNc1nc(C(OCC)C2CC2)nc(CC)c1Br. The fourth-order valence-corrected chi connectivity index (χ4v) is 2.76. The number of nitrogens with zero attached hydrogens (tertiary/aromatic N) is 2. The van der Waals surface area contributed by atoms with Crippen LogP contribution in [-0.4, -0.2) is 23.1 Å². The predicted molar refractivity (Wildman–Crippen MR) is 80.4 cm³/mol. The van der Waals surface area contributed by atoms with Crippen molar-refractivity contribution in [3.05, 3.63) is 16.0 Å². The van der Waals surface area contributed by atoms with Crippen LogP contribution in [0.4, 0.5) is 5.82 Å². The maximum atomic E-state index is 5.86. The zero-order valence-electron chi connectivity index (χ0n) is 11.9. The van der Waals surface area contributed by atoms with Gasteiger partial charge in [0.2, 0.25) is 0 Å². The first-order valence-corrected chi connectivity index (χ1v) is 7.92. The van der Waals surface area contributed by atoms with Gasteiger partial charge in [-0.25, -0.2) is 9.97 Å². The average molecular weight is 328 g/mol. The Hall–Kier alpha value is -0.680. The molecule has 1 aliphatic carbocycles. The first-order valence-electron chi connectivity index (χ1n) is 7.12. The summed E-state index contributed by atoms with van der Waals surface area (Å²) in [4.78, 5) is 9.35. The van der Waals surface area contributed by atoms with Crippen molar-refractivity contribution in [2.75, 3.05) is 18.5 Å². The van der Waals surface area contributed by atoms with E-state index in [0.717, 1.165) is 34.8 Å². The third-order valence-corrected chi connectivity index (χ3v) is 4.10. The highest BCUT2D eigenvalue weighted by Crippen LogP contribution is 2.43. The lowest BCUT2D eigenvalue weighted by molar-refractivity contribution is 0.0399. The molecule has 1 aromatic heterocycles. The minimum absolute atomic E-state index is 0.0563. The van der Waals surface area contributed by atoms with Crippen LogP contribution >= 0.6 is 15.9 Å². The molecule has 0 bridgehead atoms. The van der Waals surface area contributed by atoms with Crippen molar-refractivity contribution in [1.29, 1.82) is 0 Å². The molecule has 1 saturated carbocycles. The summed E-state index contributed by atoms with van der Waals surface area (Å²) in [7, 11) is 0. The summed E-state index contributed by atoms with van der Waals surface area (Å²) in [6.07, 6.45) is 3.39. The van der Waals surface area contributed by atoms with Gasteiger partial charge in [-0.3, -0.25) is 0 Å². The zero-order chi connectivity index (χ0) is 13.8. The molecule has 19 heavy (non-hydrogen) atoms. The summed E-state index contributed by atoms with van der Waals surface area (Å²) in [6.45, 7) is 7.76. The van der Waals surface area contributed by atoms with Crippen LogP contribution in [0.1, 0.15) is 51.2 Å². The van der Waals surface area contributed by atoms with Crippen molar-refractivity contribution in [2.45, 2.75) is 46.1 Å². The summed E-state index contributed by atoms with van der Waals surface area (Å²) in [5.74, 6) is 2.32. The van der Waals surface area contributed by atoms with Crippen molar-refractivity contribution < 1.29 is 4.74 Å². The van der Waals surface area contributed by atoms with Gasteiger partial charge in [-0.05, 0) is 55.0 Å². The monoisotopic (exact) mass is 327 g/mol. The van der Waals surface area contributed by atoms with Crippen molar-refractivity contribution in [3.63, 3.8) is 0 Å². The molecule has 106 valence electrons. The van der Waals surface area contributed by atoms with Crippen LogP contribution in [0.3, 0.4) is 0 Å². The minimum atomic E-state index is 0.0563. The maximum absolute atomic E-state index is 5.86. The minimum Gasteiger partial charge on any atom is -0.370 e. The van der Waals surface area contributed by atoms with Crippen LogP contribution in [0.25, 0.3) is 0 Å². The molecule has 1 atom stereocenters. The largest absolute Gasteiger partial charge is 0.370 e. The number of hydrogen-bond acceptors (Lipinski definition) is 4. The molecule has 1 aliphatic rings. The fourth-order valence-electron chi connectivity index (χ4n) is 2.16. The topological polar surface area (TPSA) is 47.0 Å². The molecule has 4 nitrogen and oxygen atoms in total. The Morgan fingerprint density at radius 1 is 1.32 bits per heavy atom. The van der Waals surface area contributed by atoms with E-state index in [1.165, 1.54) is 12.8 Å². The first kappa shape index (κ1) is 14.7. The van der Waals surface area contributed by atoms with Crippen molar-refractivity contribution in [1.82, 2.24) is 9.97 Å². The fraction of sp³-hybridized carbons (Fsp3) is 0.714. The van der Waals surface area contributed by atoms with E-state index in [-0.39, 0.29) is 6.10 Å². The molecule has 0 saturated heterocycles. The second kappa shape index (κ2) is 6.66. The Morgan fingerprint density at radius 3 is 2.58 bits per heavy atom. The van der Waals surface area contributed by atoms with Gasteiger partial charge in [0.15, 0.2) is 5.82 Å². The number of nitrogens with one attached hydrogen (secondary N) is 1. The Bertz CT molecular complexity index is 435.